The molecule has 3 nitrogen and oxygen atoms in total. The second-order valence-corrected chi connectivity index (χ2v) is 5.96. The zero-order valence-electron chi connectivity index (χ0n) is 12.2. The summed E-state index contributed by atoms with van der Waals surface area (Å²) in [5.74, 6) is 0.645. The smallest absolute Gasteiger partial charge is 0.0631 e. The molecule has 0 aromatic carbocycles. The Hall–Kier alpha value is -0.540. The maximum atomic E-state index is 6.22. The highest BCUT2D eigenvalue weighted by molar-refractivity contribution is 6.18. The molecule has 2 atom stereocenters. The average molecular weight is 285 g/mol. The number of ether oxygens (including phenoxy) is 1. The second kappa shape index (κ2) is 6.27. The molecule has 0 bridgehead atoms. The van der Waals surface area contributed by atoms with Crippen molar-refractivity contribution < 1.29 is 4.74 Å². The minimum atomic E-state index is 0.0642. The Balaban J connectivity index is 2.11. The van der Waals surface area contributed by atoms with Crippen molar-refractivity contribution in [3.63, 3.8) is 0 Å². The minimum absolute atomic E-state index is 0.0642. The van der Waals surface area contributed by atoms with Crippen molar-refractivity contribution in [2.24, 2.45) is 5.41 Å². The molecule has 0 saturated carbocycles. The Labute approximate surface area is 121 Å². The van der Waals surface area contributed by atoms with Crippen molar-refractivity contribution >= 4 is 11.6 Å². The maximum absolute atomic E-state index is 6.22. The van der Waals surface area contributed by atoms with Gasteiger partial charge in [-0.15, -0.1) is 11.6 Å². The Morgan fingerprint density at radius 2 is 2.26 bits per heavy atom. The van der Waals surface area contributed by atoms with Crippen LogP contribution in [0.4, 0.5) is 0 Å². The van der Waals surface area contributed by atoms with Crippen LogP contribution in [0.25, 0.3) is 0 Å². The van der Waals surface area contributed by atoms with Crippen LogP contribution in [-0.4, -0.2) is 28.4 Å². The summed E-state index contributed by atoms with van der Waals surface area (Å²) >= 11 is 6.22. The number of alkyl halides is 1. The molecular weight excluding hydrogens is 260 g/mol. The van der Waals surface area contributed by atoms with Crippen molar-refractivity contribution in [1.82, 2.24) is 9.78 Å². The Morgan fingerprint density at radius 3 is 2.79 bits per heavy atom. The van der Waals surface area contributed by atoms with Crippen LogP contribution >= 0.6 is 11.6 Å². The highest BCUT2D eigenvalue weighted by Crippen LogP contribution is 2.39. The van der Waals surface area contributed by atoms with Gasteiger partial charge in [-0.3, -0.25) is 4.68 Å². The molecule has 2 rings (SSSR count). The zero-order valence-corrected chi connectivity index (χ0v) is 13.0. The lowest BCUT2D eigenvalue weighted by atomic mass is 9.79. The molecule has 1 saturated heterocycles. The van der Waals surface area contributed by atoms with E-state index in [-0.39, 0.29) is 11.5 Å². The molecule has 0 N–H and O–H groups in total. The van der Waals surface area contributed by atoms with Crippen molar-refractivity contribution in [2.75, 3.05) is 12.5 Å². The number of nitrogens with zero attached hydrogens (tertiary/aromatic N) is 2. The van der Waals surface area contributed by atoms with E-state index in [0.717, 1.165) is 38.0 Å². The molecule has 1 aliphatic rings. The Kier molecular flexibility index (Phi) is 4.91. The van der Waals surface area contributed by atoms with Crippen LogP contribution in [0.3, 0.4) is 0 Å². The van der Waals surface area contributed by atoms with E-state index in [2.05, 4.69) is 37.7 Å². The monoisotopic (exact) mass is 284 g/mol. The molecule has 0 spiro atoms. The van der Waals surface area contributed by atoms with Crippen LogP contribution in [0.1, 0.15) is 51.8 Å². The fourth-order valence-corrected chi connectivity index (χ4v) is 3.42. The van der Waals surface area contributed by atoms with E-state index in [4.69, 9.17) is 21.4 Å². The van der Waals surface area contributed by atoms with E-state index in [1.807, 2.05) is 0 Å². The Bertz CT molecular complexity index is 403. The van der Waals surface area contributed by atoms with Gasteiger partial charge >= 0.3 is 0 Å². The van der Waals surface area contributed by atoms with E-state index in [1.165, 1.54) is 0 Å². The van der Waals surface area contributed by atoms with Gasteiger partial charge in [0.2, 0.25) is 0 Å². The normalized spacial score (nSPS) is 27.3. The van der Waals surface area contributed by atoms with Crippen molar-refractivity contribution in [3.05, 3.63) is 18.0 Å². The molecule has 2 heterocycles. The molecule has 4 heteroatoms. The average Bonchev–Trinajstić information content (AvgIpc) is 3.00. The van der Waals surface area contributed by atoms with Crippen molar-refractivity contribution in [2.45, 2.75) is 58.6 Å². The van der Waals surface area contributed by atoms with Gasteiger partial charge in [0.05, 0.1) is 17.8 Å². The standard InChI is InChI=1S/C15H25ClN2O/c1-4-14(5-2)18-8-6-13(17-18)10-15(11-16)7-9-19-12(15)3/h6,8,12,14H,4-5,7,9-11H2,1-3H3. The summed E-state index contributed by atoms with van der Waals surface area (Å²) in [6.07, 6.45) is 6.54. The third kappa shape index (κ3) is 2.97. The summed E-state index contributed by atoms with van der Waals surface area (Å²) < 4.78 is 7.82. The molecule has 1 aromatic rings. The van der Waals surface area contributed by atoms with E-state index in [1.54, 1.807) is 0 Å². The van der Waals surface area contributed by atoms with Crippen molar-refractivity contribution in [3.8, 4) is 0 Å². The number of hydrogen-bond donors (Lipinski definition) is 0. The van der Waals surface area contributed by atoms with Crippen LogP contribution in [0.5, 0.6) is 0 Å². The van der Waals surface area contributed by atoms with E-state index < -0.39 is 0 Å². The molecular formula is C15H25ClN2O. The van der Waals surface area contributed by atoms with Crippen LogP contribution < -0.4 is 0 Å². The first-order valence-corrected chi connectivity index (χ1v) is 7.90. The van der Waals surface area contributed by atoms with Gasteiger partial charge in [0.15, 0.2) is 0 Å². The fraction of sp³-hybridized carbons (Fsp3) is 0.800. The van der Waals surface area contributed by atoms with Gasteiger partial charge in [-0.1, -0.05) is 13.8 Å². The predicted molar refractivity (Wildman–Crippen MR) is 78.7 cm³/mol. The van der Waals surface area contributed by atoms with E-state index in [0.29, 0.717) is 11.9 Å². The topological polar surface area (TPSA) is 27.1 Å². The van der Waals surface area contributed by atoms with Gasteiger partial charge in [-0.05, 0) is 32.3 Å². The van der Waals surface area contributed by atoms with E-state index >= 15 is 0 Å². The molecule has 0 amide bonds. The van der Waals surface area contributed by atoms with Gasteiger partial charge in [0.1, 0.15) is 0 Å². The third-order valence-corrected chi connectivity index (χ3v) is 5.14. The van der Waals surface area contributed by atoms with Gasteiger partial charge in [-0.25, -0.2) is 0 Å². The number of hydrogen-bond acceptors (Lipinski definition) is 2. The van der Waals surface area contributed by atoms with E-state index in [9.17, 15) is 0 Å². The molecule has 108 valence electrons. The van der Waals surface area contributed by atoms with Gasteiger partial charge < -0.3 is 4.74 Å². The molecule has 19 heavy (non-hydrogen) atoms. The number of aromatic nitrogens is 2. The molecule has 0 aliphatic carbocycles. The summed E-state index contributed by atoms with van der Waals surface area (Å²) in [5.41, 5.74) is 1.21. The zero-order chi connectivity index (χ0) is 13.9. The van der Waals surface area contributed by atoms with Gasteiger partial charge in [-0.2, -0.15) is 5.10 Å². The lowest BCUT2D eigenvalue weighted by Gasteiger charge is -2.29. The fourth-order valence-electron chi connectivity index (χ4n) is 2.97. The summed E-state index contributed by atoms with van der Waals surface area (Å²) in [5, 5.41) is 4.75. The molecule has 1 aliphatic heterocycles. The Morgan fingerprint density at radius 1 is 1.53 bits per heavy atom. The SMILES string of the molecule is CCC(CC)n1ccc(CC2(CCl)CCOC2C)n1. The summed E-state index contributed by atoms with van der Waals surface area (Å²) in [4.78, 5) is 0. The quantitative estimate of drug-likeness (QED) is 0.743. The first-order valence-electron chi connectivity index (χ1n) is 7.36. The highest BCUT2D eigenvalue weighted by atomic mass is 35.5. The van der Waals surface area contributed by atoms with Crippen LogP contribution in [-0.2, 0) is 11.2 Å². The summed E-state index contributed by atoms with van der Waals surface area (Å²) in [6.45, 7) is 7.37. The minimum Gasteiger partial charge on any atom is -0.378 e. The van der Waals surface area contributed by atoms with Gasteiger partial charge in [0, 0.05) is 30.5 Å². The second-order valence-electron chi connectivity index (χ2n) is 5.69. The highest BCUT2D eigenvalue weighted by Gasteiger charge is 2.41. The lowest BCUT2D eigenvalue weighted by Crippen LogP contribution is -2.33. The first-order chi connectivity index (χ1) is 9.15. The first kappa shape index (κ1) is 14.9. The molecule has 1 aromatic heterocycles. The largest absolute Gasteiger partial charge is 0.378 e. The molecule has 0 radical (unpaired) electrons. The number of rotatable bonds is 6. The van der Waals surface area contributed by atoms with Crippen LogP contribution in [0, 0.1) is 5.41 Å². The summed E-state index contributed by atoms with van der Waals surface area (Å²) in [7, 11) is 0. The maximum Gasteiger partial charge on any atom is 0.0631 e. The van der Waals surface area contributed by atoms with Crippen molar-refractivity contribution in [1.29, 1.82) is 0 Å². The third-order valence-electron chi connectivity index (χ3n) is 4.61. The lowest BCUT2D eigenvalue weighted by molar-refractivity contribution is 0.0730. The molecule has 2 unspecified atom stereocenters. The number of halogens is 1. The molecule has 1 fully saturated rings. The predicted octanol–water partition coefficient (Wildman–Crippen LogP) is 3.82. The van der Waals surface area contributed by atoms with Crippen LogP contribution in [0.2, 0.25) is 0 Å². The summed E-state index contributed by atoms with van der Waals surface area (Å²) in [6, 6.07) is 2.65. The van der Waals surface area contributed by atoms with Crippen LogP contribution in [0.15, 0.2) is 12.3 Å². The van der Waals surface area contributed by atoms with Gasteiger partial charge in [0.25, 0.3) is 0 Å².